The van der Waals surface area contributed by atoms with Crippen LogP contribution in [0.5, 0.6) is 0 Å². The first-order valence-electron chi connectivity index (χ1n) is 9.95. The van der Waals surface area contributed by atoms with Crippen molar-refractivity contribution in [1.29, 1.82) is 0 Å². The number of rotatable bonds is 6. The Bertz CT molecular complexity index is 1080. The standard InChI is InChI=1S/C20H21ClF2N6O2/c21-12-7-14-15(10-26-17(14)24-8-12)18-27-11-16(23)19(28-18)25-9-13-3-1-2-5-29(13)20(30)31-6-4-22/h7-8,10-11,13H,1-6,9H2,(H,24,26)(H,25,27,28). The van der Waals surface area contributed by atoms with E-state index < -0.39 is 18.6 Å². The van der Waals surface area contributed by atoms with Gasteiger partial charge in [0.25, 0.3) is 0 Å². The molecule has 1 fully saturated rings. The topological polar surface area (TPSA) is 96.0 Å². The molecule has 1 atom stereocenters. The number of amides is 1. The van der Waals surface area contributed by atoms with Gasteiger partial charge in [0, 0.05) is 36.4 Å². The number of pyridine rings is 1. The van der Waals surface area contributed by atoms with E-state index in [0.29, 0.717) is 28.6 Å². The average Bonchev–Trinajstić information content (AvgIpc) is 3.20. The van der Waals surface area contributed by atoms with Crippen LogP contribution in [0.2, 0.25) is 5.02 Å². The minimum atomic E-state index is -0.730. The highest BCUT2D eigenvalue weighted by atomic mass is 35.5. The summed E-state index contributed by atoms with van der Waals surface area (Å²) in [5.74, 6) is -0.277. The molecule has 8 nitrogen and oxygen atoms in total. The van der Waals surface area contributed by atoms with Crippen LogP contribution >= 0.6 is 11.6 Å². The fourth-order valence-electron chi connectivity index (χ4n) is 3.66. The first kappa shape index (κ1) is 21.2. The predicted octanol–water partition coefficient (Wildman–Crippen LogP) is 4.18. The molecule has 0 bridgehead atoms. The number of H-pyrrole nitrogens is 1. The Morgan fingerprint density at radius 3 is 3.06 bits per heavy atom. The van der Waals surface area contributed by atoms with Crippen molar-refractivity contribution >= 4 is 34.5 Å². The second kappa shape index (κ2) is 9.42. The number of piperidine rings is 1. The lowest BCUT2D eigenvalue weighted by atomic mass is 10.0. The first-order valence-corrected chi connectivity index (χ1v) is 10.3. The van der Waals surface area contributed by atoms with Gasteiger partial charge in [0.15, 0.2) is 17.5 Å². The number of carbonyl (C=O) groups excluding carboxylic acids is 1. The maximum atomic E-state index is 14.4. The van der Waals surface area contributed by atoms with Gasteiger partial charge in [0.1, 0.15) is 18.9 Å². The van der Waals surface area contributed by atoms with Crippen LogP contribution < -0.4 is 5.32 Å². The third kappa shape index (κ3) is 4.68. The maximum Gasteiger partial charge on any atom is 0.410 e. The second-order valence-corrected chi connectivity index (χ2v) is 7.61. The molecule has 1 aliphatic rings. The van der Waals surface area contributed by atoms with Gasteiger partial charge >= 0.3 is 6.09 Å². The summed E-state index contributed by atoms with van der Waals surface area (Å²) in [5, 5.41) is 4.17. The molecule has 164 valence electrons. The first-order chi connectivity index (χ1) is 15.1. The highest BCUT2D eigenvalue weighted by molar-refractivity contribution is 6.31. The highest BCUT2D eigenvalue weighted by Gasteiger charge is 2.28. The molecule has 1 aliphatic heterocycles. The van der Waals surface area contributed by atoms with Crippen LogP contribution in [-0.2, 0) is 4.74 Å². The molecule has 4 heterocycles. The fraction of sp³-hybridized carbons (Fsp3) is 0.400. The molecule has 0 radical (unpaired) electrons. The number of ether oxygens (including phenoxy) is 1. The molecule has 4 rings (SSSR count). The van der Waals surface area contributed by atoms with E-state index in [0.717, 1.165) is 30.8 Å². The minimum absolute atomic E-state index is 0.0250. The van der Waals surface area contributed by atoms with E-state index >= 15 is 0 Å². The number of nitrogens with one attached hydrogen (secondary N) is 2. The zero-order valence-electron chi connectivity index (χ0n) is 16.6. The summed E-state index contributed by atoms with van der Waals surface area (Å²) in [4.78, 5) is 29.4. The van der Waals surface area contributed by atoms with Gasteiger partial charge in [-0.1, -0.05) is 11.6 Å². The number of aromatic nitrogens is 4. The van der Waals surface area contributed by atoms with E-state index in [1.54, 1.807) is 17.2 Å². The summed E-state index contributed by atoms with van der Waals surface area (Å²) >= 11 is 6.05. The molecule has 0 aliphatic carbocycles. The largest absolute Gasteiger partial charge is 0.447 e. The lowest BCUT2D eigenvalue weighted by molar-refractivity contribution is 0.0716. The summed E-state index contributed by atoms with van der Waals surface area (Å²) in [7, 11) is 0. The Labute approximate surface area is 182 Å². The summed E-state index contributed by atoms with van der Waals surface area (Å²) in [6.07, 6.45) is 6.24. The smallest absolute Gasteiger partial charge is 0.410 e. The number of carbonyl (C=O) groups is 1. The number of nitrogens with zero attached hydrogens (tertiary/aromatic N) is 4. The van der Waals surface area contributed by atoms with Crippen molar-refractivity contribution in [3.8, 4) is 11.4 Å². The fourth-order valence-corrected chi connectivity index (χ4v) is 3.82. The summed E-state index contributed by atoms with van der Waals surface area (Å²) in [6.45, 7) is -0.216. The minimum Gasteiger partial charge on any atom is -0.447 e. The van der Waals surface area contributed by atoms with Crippen molar-refractivity contribution in [1.82, 2.24) is 24.8 Å². The Morgan fingerprint density at radius 1 is 1.35 bits per heavy atom. The summed E-state index contributed by atoms with van der Waals surface area (Å²) in [5.41, 5.74) is 1.26. The normalized spacial score (nSPS) is 16.5. The lowest BCUT2D eigenvalue weighted by Crippen LogP contribution is -2.47. The van der Waals surface area contributed by atoms with Gasteiger partial charge in [-0.05, 0) is 25.3 Å². The molecule has 11 heteroatoms. The molecule has 1 unspecified atom stereocenters. The summed E-state index contributed by atoms with van der Waals surface area (Å²) in [6, 6.07) is 1.52. The highest BCUT2D eigenvalue weighted by Crippen LogP contribution is 2.28. The van der Waals surface area contributed by atoms with Gasteiger partial charge in [-0.3, -0.25) is 0 Å². The van der Waals surface area contributed by atoms with Crippen LogP contribution in [0, 0.1) is 5.82 Å². The predicted molar refractivity (Wildman–Crippen MR) is 112 cm³/mol. The quantitative estimate of drug-likeness (QED) is 0.584. The third-order valence-electron chi connectivity index (χ3n) is 5.15. The number of hydrogen-bond donors (Lipinski definition) is 2. The molecular formula is C20H21ClF2N6O2. The van der Waals surface area contributed by atoms with Gasteiger partial charge in [-0.25, -0.2) is 28.5 Å². The van der Waals surface area contributed by atoms with Crippen LogP contribution in [-0.4, -0.2) is 63.3 Å². The molecule has 3 aromatic rings. The average molecular weight is 451 g/mol. The van der Waals surface area contributed by atoms with Crippen LogP contribution in [0.3, 0.4) is 0 Å². The van der Waals surface area contributed by atoms with Gasteiger partial charge in [-0.2, -0.15) is 0 Å². The van der Waals surface area contributed by atoms with E-state index in [4.69, 9.17) is 16.3 Å². The third-order valence-corrected chi connectivity index (χ3v) is 5.36. The Morgan fingerprint density at radius 2 is 2.23 bits per heavy atom. The van der Waals surface area contributed by atoms with Crippen molar-refractivity contribution in [2.24, 2.45) is 0 Å². The van der Waals surface area contributed by atoms with E-state index in [9.17, 15) is 13.6 Å². The van der Waals surface area contributed by atoms with Crippen molar-refractivity contribution in [3.63, 3.8) is 0 Å². The number of halogens is 3. The van der Waals surface area contributed by atoms with E-state index in [-0.39, 0.29) is 25.0 Å². The van der Waals surface area contributed by atoms with Crippen molar-refractivity contribution in [3.05, 3.63) is 35.5 Å². The zero-order chi connectivity index (χ0) is 21.8. The molecule has 0 spiro atoms. The Hall–Kier alpha value is -3.01. The van der Waals surface area contributed by atoms with Gasteiger partial charge < -0.3 is 19.9 Å². The lowest BCUT2D eigenvalue weighted by Gasteiger charge is -2.35. The second-order valence-electron chi connectivity index (χ2n) is 7.17. The maximum absolute atomic E-state index is 14.4. The molecule has 3 aromatic heterocycles. The molecule has 1 saturated heterocycles. The molecule has 31 heavy (non-hydrogen) atoms. The van der Waals surface area contributed by atoms with Crippen LogP contribution in [0.15, 0.2) is 24.7 Å². The Balaban J connectivity index is 1.52. The number of likely N-dealkylation sites (tertiary alicyclic amines) is 1. The Kier molecular flexibility index (Phi) is 6.45. The zero-order valence-corrected chi connectivity index (χ0v) is 17.3. The number of alkyl halides is 1. The van der Waals surface area contributed by atoms with Crippen LogP contribution in [0.4, 0.5) is 19.4 Å². The summed E-state index contributed by atoms with van der Waals surface area (Å²) < 4.78 is 31.6. The van der Waals surface area contributed by atoms with Gasteiger partial charge in [0.2, 0.25) is 0 Å². The van der Waals surface area contributed by atoms with E-state index in [1.165, 1.54) is 6.20 Å². The SMILES string of the molecule is O=C(OCCF)N1CCCCC1CNc1nc(-c2c[nH]c3ncc(Cl)cc23)ncc1F. The molecule has 0 saturated carbocycles. The molecule has 0 aromatic carbocycles. The van der Waals surface area contributed by atoms with Crippen LogP contribution in [0.1, 0.15) is 19.3 Å². The molecule has 1 amide bonds. The van der Waals surface area contributed by atoms with Crippen molar-refractivity contribution in [2.75, 3.05) is 31.7 Å². The van der Waals surface area contributed by atoms with E-state index in [1.807, 2.05) is 0 Å². The van der Waals surface area contributed by atoms with Crippen molar-refractivity contribution in [2.45, 2.75) is 25.3 Å². The number of hydrogen-bond acceptors (Lipinski definition) is 6. The molecule has 2 N–H and O–H groups in total. The van der Waals surface area contributed by atoms with Gasteiger partial charge in [-0.15, -0.1) is 0 Å². The van der Waals surface area contributed by atoms with Crippen LogP contribution in [0.25, 0.3) is 22.4 Å². The van der Waals surface area contributed by atoms with Crippen molar-refractivity contribution < 1.29 is 18.3 Å². The van der Waals surface area contributed by atoms with Gasteiger partial charge in [0.05, 0.1) is 17.3 Å². The number of anilines is 1. The van der Waals surface area contributed by atoms with E-state index in [2.05, 4.69) is 25.3 Å². The number of fused-ring (bicyclic) bond motifs is 1. The monoisotopic (exact) mass is 450 g/mol. The number of aromatic amines is 1. The molecular weight excluding hydrogens is 430 g/mol.